The number of aliphatic carboxylic acids is 1. The van der Waals surface area contributed by atoms with E-state index in [9.17, 15) is 4.79 Å². The molecule has 1 heterocycles. The fourth-order valence-corrected chi connectivity index (χ4v) is 2.62. The third-order valence-electron chi connectivity index (χ3n) is 3.81. The van der Waals surface area contributed by atoms with Gasteiger partial charge >= 0.3 is 5.97 Å². The third kappa shape index (κ3) is 3.97. The first-order chi connectivity index (χ1) is 9.56. The first-order valence-electron chi connectivity index (χ1n) is 7.26. The van der Waals surface area contributed by atoms with Crippen LogP contribution in [0.2, 0.25) is 0 Å². The van der Waals surface area contributed by atoms with E-state index in [0.29, 0.717) is 6.04 Å². The predicted molar refractivity (Wildman–Crippen MR) is 78.1 cm³/mol. The van der Waals surface area contributed by atoms with Crippen LogP contribution in [0.25, 0.3) is 0 Å². The highest BCUT2D eigenvalue weighted by Crippen LogP contribution is 2.24. The van der Waals surface area contributed by atoms with Crippen LogP contribution in [-0.4, -0.2) is 41.2 Å². The molecule has 0 saturated carbocycles. The quantitative estimate of drug-likeness (QED) is 0.898. The lowest BCUT2D eigenvalue weighted by Gasteiger charge is -2.34. The summed E-state index contributed by atoms with van der Waals surface area (Å²) in [5.41, 5.74) is 0.756. The van der Waals surface area contributed by atoms with Gasteiger partial charge in [-0.3, -0.25) is 4.79 Å². The SMILES string of the molecule is CC(C)N1CCC(Oc2ccccc2CC(=O)O)CC1. The molecule has 20 heavy (non-hydrogen) atoms. The van der Waals surface area contributed by atoms with Crippen molar-refractivity contribution in [3.63, 3.8) is 0 Å². The van der Waals surface area contributed by atoms with Crippen molar-refractivity contribution in [1.82, 2.24) is 4.90 Å². The Morgan fingerprint density at radius 2 is 2.00 bits per heavy atom. The number of carboxylic acid groups (broad SMARTS) is 1. The second kappa shape index (κ2) is 6.75. The van der Waals surface area contributed by atoms with Gasteiger partial charge in [0.15, 0.2) is 0 Å². The smallest absolute Gasteiger partial charge is 0.307 e. The van der Waals surface area contributed by atoms with Crippen molar-refractivity contribution in [2.75, 3.05) is 13.1 Å². The lowest BCUT2D eigenvalue weighted by atomic mass is 10.1. The summed E-state index contributed by atoms with van der Waals surface area (Å²) >= 11 is 0. The summed E-state index contributed by atoms with van der Waals surface area (Å²) in [4.78, 5) is 13.3. The van der Waals surface area contributed by atoms with Gasteiger partial charge in [-0.2, -0.15) is 0 Å². The normalized spacial score (nSPS) is 17.4. The highest BCUT2D eigenvalue weighted by Gasteiger charge is 2.22. The molecule has 0 unspecified atom stereocenters. The first kappa shape index (κ1) is 14.9. The topological polar surface area (TPSA) is 49.8 Å². The summed E-state index contributed by atoms with van der Waals surface area (Å²) < 4.78 is 6.03. The van der Waals surface area contributed by atoms with Crippen molar-refractivity contribution in [3.8, 4) is 5.75 Å². The Bertz CT molecular complexity index is 451. The van der Waals surface area contributed by atoms with E-state index < -0.39 is 5.97 Å². The van der Waals surface area contributed by atoms with Gasteiger partial charge in [0.1, 0.15) is 11.9 Å². The number of rotatable bonds is 5. The van der Waals surface area contributed by atoms with Crippen LogP contribution < -0.4 is 4.74 Å². The van der Waals surface area contributed by atoms with Crippen molar-refractivity contribution in [2.45, 2.75) is 45.3 Å². The molecule has 4 nitrogen and oxygen atoms in total. The third-order valence-corrected chi connectivity index (χ3v) is 3.81. The molecule has 0 bridgehead atoms. The zero-order valence-corrected chi connectivity index (χ0v) is 12.2. The lowest BCUT2D eigenvalue weighted by molar-refractivity contribution is -0.136. The molecule has 0 atom stereocenters. The maximum atomic E-state index is 10.9. The van der Waals surface area contributed by atoms with Gasteiger partial charge in [-0.25, -0.2) is 0 Å². The van der Waals surface area contributed by atoms with Crippen LogP contribution in [0.1, 0.15) is 32.3 Å². The Labute approximate surface area is 120 Å². The van der Waals surface area contributed by atoms with E-state index in [-0.39, 0.29) is 12.5 Å². The molecule has 1 aliphatic heterocycles. The largest absolute Gasteiger partial charge is 0.490 e. The van der Waals surface area contributed by atoms with Gasteiger partial charge < -0.3 is 14.7 Å². The van der Waals surface area contributed by atoms with Gasteiger partial charge in [-0.05, 0) is 32.8 Å². The average Bonchev–Trinajstić information content (AvgIpc) is 2.41. The number of hydrogen-bond acceptors (Lipinski definition) is 3. The molecule has 0 aliphatic carbocycles. The summed E-state index contributed by atoms with van der Waals surface area (Å²) in [6.07, 6.45) is 2.21. The van der Waals surface area contributed by atoms with Gasteiger partial charge in [-0.1, -0.05) is 18.2 Å². The maximum Gasteiger partial charge on any atom is 0.307 e. The number of nitrogens with zero attached hydrogens (tertiary/aromatic N) is 1. The molecule has 4 heteroatoms. The van der Waals surface area contributed by atoms with Crippen molar-refractivity contribution in [2.24, 2.45) is 0 Å². The fraction of sp³-hybridized carbons (Fsp3) is 0.562. The van der Waals surface area contributed by atoms with Gasteiger partial charge in [0.25, 0.3) is 0 Å². The standard InChI is InChI=1S/C16H23NO3/c1-12(2)17-9-7-14(8-10-17)20-15-6-4-3-5-13(15)11-16(18)19/h3-6,12,14H,7-11H2,1-2H3,(H,18,19). The van der Waals surface area contributed by atoms with E-state index in [2.05, 4.69) is 18.7 Å². The molecule has 110 valence electrons. The van der Waals surface area contributed by atoms with E-state index >= 15 is 0 Å². The molecule has 2 rings (SSSR count). The molecule has 1 N–H and O–H groups in total. The van der Waals surface area contributed by atoms with Crippen LogP contribution >= 0.6 is 0 Å². The lowest BCUT2D eigenvalue weighted by Crippen LogP contribution is -2.41. The van der Waals surface area contributed by atoms with Crippen LogP contribution in [0.3, 0.4) is 0 Å². The number of benzene rings is 1. The fourth-order valence-electron chi connectivity index (χ4n) is 2.62. The Balaban J connectivity index is 1.96. The van der Waals surface area contributed by atoms with Crippen LogP contribution in [0.4, 0.5) is 0 Å². The van der Waals surface area contributed by atoms with Gasteiger partial charge in [0.05, 0.1) is 6.42 Å². The minimum Gasteiger partial charge on any atom is -0.490 e. The number of carbonyl (C=O) groups is 1. The van der Waals surface area contributed by atoms with Crippen molar-refractivity contribution in [3.05, 3.63) is 29.8 Å². The van der Waals surface area contributed by atoms with Crippen LogP contribution in [0.5, 0.6) is 5.75 Å². The van der Waals surface area contributed by atoms with Crippen LogP contribution in [-0.2, 0) is 11.2 Å². The van der Waals surface area contributed by atoms with Gasteiger partial charge in [0.2, 0.25) is 0 Å². The summed E-state index contributed by atoms with van der Waals surface area (Å²) in [6, 6.07) is 8.02. The zero-order valence-electron chi connectivity index (χ0n) is 12.2. The van der Waals surface area contributed by atoms with E-state index in [1.807, 2.05) is 24.3 Å². The summed E-state index contributed by atoms with van der Waals surface area (Å²) in [6.45, 7) is 6.51. The molecule has 1 aromatic carbocycles. The number of para-hydroxylation sites is 1. The zero-order chi connectivity index (χ0) is 14.5. The molecule has 0 radical (unpaired) electrons. The molecule has 1 fully saturated rings. The predicted octanol–water partition coefficient (Wildman–Crippen LogP) is 2.57. The number of likely N-dealkylation sites (tertiary alicyclic amines) is 1. The second-order valence-corrected chi connectivity index (χ2v) is 5.63. The van der Waals surface area contributed by atoms with E-state index in [1.165, 1.54) is 0 Å². The Kier molecular flexibility index (Phi) is 5.01. The molecule has 0 spiro atoms. The molecule has 1 aromatic rings. The Morgan fingerprint density at radius 3 is 2.60 bits per heavy atom. The van der Waals surface area contributed by atoms with Crippen molar-refractivity contribution in [1.29, 1.82) is 0 Å². The van der Waals surface area contributed by atoms with Crippen LogP contribution in [0, 0.1) is 0 Å². The molecule has 0 aromatic heterocycles. The Morgan fingerprint density at radius 1 is 1.35 bits per heavy atom. The summed E-state index contributed by atoms with van der Waals surface area (Å²) in [5, 5.41) is 8.93. The summed E-state index contributed by atoms with van der Waals surface area (Å²) in [5.74, 6) is -0.103. The minimum atomic E-state index is -0.823. The Hall–Kier alpha value is -1.55. The van der Waals surface area contributed by atoms with E-state index in [4.69, 9.17) is 9.84 Å². The number of piperidine rings is 1. The summed E-state index contributed by atoms with van der Waals surface area (Å²) in [7, 11) is 0. The number of carboxylic acids is 1. The minimum absolute atomic E-state index is 0.0149. The average molecular weight is 277 g/mol. The molecule has 1 saturated heterocycles. The second-order valence-electron chi connectivity index (χ2n) is 5.63. The van der Waals surface area contributed by atoms with Crippen LogP contribution in [0.15, 0.2) is 24.3 Å². The van der Waals surface area contributed by atoms with Crippen molar-refractivity contribution >= 4 is 5.97 Å². The van der Waals surface area contributed by atoms with Gasteiger partial charge in [-0.15, -0.1) is 0 Å². The first-order valence-corrected chi connectivity index (χ1v) is 7.26. The highest BCUT2D eigenvalue weighted by molar-refractivity contribution is 5.71. The number of hydrogen-bond donors (Lipinski definition) is 1. The molecular formula is C16H23NO3. The van der Waals surface area contributed by atoms with E-state index in [1.54, 1.807) is 0 Å². The monoisotopic (exact) mass is 277 g/mol. The molecule has 0 amide bonds. The molecule has 1 aliphatic rings. The number of ether oxygens (including phenoxy) is 1. The highest BCUT2D eigenvalue weighted by atomic mass is 16.5. The van der Waals surface area contributed by atoms with Gasteiger partial charge in [0, 0.05) is 24.7 Å². The van der Waals surface area contributed by atoms with E-state index in [0.717, 1.165) is 37.2 Å². The maximum absolute atomic E-state index is 10.9. The molecular weight excluding hydrogens is 254 g/mol. The van der Waals surface area contributed by atoms with Crippen molar-refractivity contribution < 1.29 is 14.6 Å².